The summed E-state index contributed by atoms with van der Waals surface area (Å²) >= 11 is 1.48. The lowest BCUT2D eigenvalue weighted by Crippen LogP contribution is -2.44. The summed E-state index contributed by atoms with van der Waals surface area (Å²) in [4.78, 5) is 27.0. The van der Waals surface area contributed by atoms with Crippen molar-refractivity contribution in [3.8, 4) is 0 Å². The fourth-order valence-electron chi connectivity index (χ4n) is 2.55. The molecule has 22 heavy (non-hydrogen) atoms. The van der Waals surface area contributed by atoms with Gasteiger partial charge >= 0.3 is 6.09 Å². The number of ether oxygens (including phenoxy) is 1. The molecule has 122 valence electrons. The van der Waals surface area contributed by atoms with E-state index in [2.05, 4.69) is 5.32 Å². The van der Waals surface area contributed by atoms with E-state index in [0.717, 1.165) is 29.8 Å². The number of likely N-dealkylation sites (tertiary alicyclic amines) is 1. The van der Waals surface area contributed by atoms with Crippen LogP contribution in [0.1, 0.15) is 48.8 Å². The molecule has 2 rings (SSSR count). The predicted octanol–water partition coefficient (Wildman–Crippen LogP) is 3.19. The van der Waals surface area contributed by atoms with Crippen LogP contribution >= 0.6 is 11.3 Å². The van der Waals surface area contributed by atoms with Crippen molar-refractivity contribution in [3.63, 3.8) is 0 Å². The molecule has 6 heteroatoms. The zero-order valence-corrected chi connectivity index (χ0v) is 14.5. The highest BCUT2D eigenvalue weighted by Gasteiger charge is 2.31. The maximum atomic E-state index is 12.6. The molecule has 1 unspecified atom stereocenters. The number of amides is 2. The van der Waals surface area contributed by atoms with Crippen molar-refractivity contribution in [2.45, 2.75) is 52.2 Å². The Hall–Kier alpha value is -1.56. The van der Waals surface area contributed by atoms with Crippen molar-refractivity contribution in [2.24, 2.45) is 0 Å². The fourth-order valence-corrected chi connectivity index (χ4v) is 3.43. The van der Waals surface area contributed by atoms with Gasteiger partial charge in [0, 0.05) is 19.1 Å². The first kappa shape index (κ1) is 16.8. The molecule has 1 aromatic rings. The maximum absolute atomic E-state index is 12.6. The van der Waals surface area contributed by atoms with Crippen LogP contribution in [0.2, 0.25) is 0 Å². The second kappa shape index (κ2) is 6.69. The van der Waals surface area contributed by atoms with Gasteiger partial charge in [-0.25, -0.2) is 4.79 Å². The Morgan fingerprint density at radius 1 is 1.45 bits per heavy atom. The van der Waals surface area contributed by atoms with Crippen molar-refractivity contribution in [3.05, 3.63) is 21.9 Å². The van der Waals surface area contributed by atoms with Gasteiger partial charge in [0.2, 0.25) is 0 Å². The summed E-state index contributed by atoms with van der Waals surface area (Å²) in [7, 11) is 0. The van der Waals surface area contributed by atoms with E-state index < -0.39 is 11.7 Å². The third kappa shape index (κ3) is 4.22. The summed E-state index contributed by atoms with van der Waals surface area (Å²) in [6.07, 6.45) is 1.45. The normalized spacial score (nSPS) is 18.4. The molecular formula is C16H24N2O3S. The van der Waals surface area contributed by atoms with Gasteiger partial charge in [0.05, 0.1) is 4.88 Å². The summed E-state index contributed by atoms with van der Waals surface area (Å²) < 4.78 is 5.23. The number of aryl methyl sites for hydroxylation is 1. The molecule has 1 saturated heterocycles. The van der Waals surface area contributed by atoms with Crippen LogP contribution in [0.4, 0.5) is 4.79 Å². The van der Waals surface area contributed by atoms with Gasteiger partial charge in [-0.05, 0) is 57.5 Å². The molecule has 1 fully saturated rings. The number of thiophene rings is 1. The van der Waals surface area contributed by atoms with Gasteiger partial charge in [0.25, 0.3) is 5.91 Å². The zero-order valence-electron chi connectivity index (χ0n) is 13.6. The molecule has 0 aliphatic carbocycles. The number of hydrogen-bond donors (Lipinski definition) is 1. The quantitative estimate of drug-likeness (QED) is 0.929. The number of nitrogens with zero attached hydrogens (tertiary/aromatic N) is 1. The molecule has 0 saturated carbocycles. The highest BCUT2D eigenvalue weighted by molar-refractivity contribution is 7.12. The predicted molar refractivity (Wildman–Crippen MR) is 87.4 cm³/mol. The monoisotopic (exact) mass is 324 g/mol. The third-order valence-electron chi connectivity index (χ3n) is 3.58. The van der Waals surface area contributed by atoms with Crippen molar-refractivity contribution in [1.82, 2.24) is 10.2 Å². The molecule has 0 aromatic carbocycles. The highest BCUT2D eigenvalue weighted by Crippen LogP contribution is 2.24. The molecule has 0 bridgehead atoms. The first-order valence-electron chi connectivity index (χ1n) is 7.60. The number of rotatable bonds is 3. The molecule has 5 nitrogen and oxygen atoms in total. The summed E-state index contributed by atoms with van der Waals surface area (Å²) in [5.41, 5.74) is 0.504. The van der Waals surface area contributed by atoms with Gasteiger partial charge in [-0.3, -0.25) is 4.79 Å². The third-order valence-corrected chi connectivity index (χ3v) is 4.58. The van der Waals surface area contributed by atoms with Crippen molar-refractivity contribution in [1.29, 1.82) is 0 Å². The average Bonchev–Trinajstić information content (AvgIpc) is 3.02. The average molecular weight is 324 g/mol. The highest BCUT2D eigenvalue weighted by atomic mass is 32.1. The van der Waals surface area contributed by atoms with Gasteiger partial charge < -0.3 is 15.0 Å². The lowest BCUT2D eigenvalue weighted by Gasteiger charge is -2.26. The van der Waals surface area contributed by atoms with Crippen molar-refractivity contribution < 1.29 is 14.3 Å². The van der Waals surface area contributed by atoms with Gasteiger partial charge in [-0.15, -0.1) is 11.3 Å². The molecule has 2 amide bonds. The number of hydrogen-bond acceptors (Lipinski definition) is 4. The van der Waals surface area contributed by atoms with E-state index in [1.807, 2.05) is 44.0 Å². The summed E-state index contributed by atoms with van der Waals surface area (Å²) in [6.45, 7) is 8.63. The molecule has 2 heterocycles. The van der Waals surface area contributed by atoms with E-state index >= 15 is 0 Å². The molecule has 1 aromatic heterocycles. The number of alkyl carbamates (subject to hydrolysis) is 1. The number of carbonyl (C=O) groups is 2. The minimum absolute atomic E-state index is 0.0431. The van der Waals surface area contributed by atoms with Gasteiger partial charge in [-0.2, -0.15) is 0 Å². The molecular weight excluding hydrogens is 300 g/mol. The van der Waals surface area contributed by atoms with E-state index in [-0.39, 0.29) is 11.9 Å². The summed E-state index contributed by atoms with van der Waals surface area (Å²) in [5.74, 6) is 0.0704. The van der Waals surface area contributed by atoms with Crippen LogP contribution in [0.3, 0.4) is 0 Å². The van der Waals surface area contributed by atoms with Crippen LogP contribution in [-0.2, 0) is 4.74 Å². The van der Waals surface area contributed by atoms with Crippen molar-refractivity contribution >= 4 is 23.3 Å². The lowest BCUT2D eigenvalue weighted by molar-refractivity contribution is 0.0502. The van der Waals surface area contributed by atoms with Crippen LogP contribution in [-0.4, -0.2) is 41.6 Å². The molecule has 0 radical (unpaired) electrons. The van der Waals surface area contributed by atoms with Crippen LogP contribution in [0.25, 0.3) is 0 Å². The largest absolute Gasteiger partial charge is 0.444 e. The Bertz CT molecular complexity index is 548. The van der Waals surface area contributed by atoms with E-state index in [1.54, 1.807) is 0 Å². The molecule has 1 atom stereocenters. The Labute approximate surface area is 135 Å². The van der Waals surface area contributed by atoms with Gasteiger partial charge in [0.1, 0.15) is 5.60 Å². The van der Waals surface area contributed by atoms with Crippen LogP contribution in [0.5, 0.6) is 0 Å². The minimum atomic E-state index is -0.511. The molecule has 1 aliphatic heterocycles. The Morgan fingerprint density at radius 3 is 2.77 bits per heavy atom. The first-order chi connectivity index (χ1) is 10.3. The number of carbonyl (C=O) groups excluding carboxylic acids is 2. The molecule has 1 aliphatic rings. The fraction of sp³-hybridized carbons (Fsp3) is 0.625. The second-order valence-corrected chi connectivity index (χ2v) is 7.53. The Kier molecular flexibility index (Phi) is 5.11. The summed E-state index contributed by atoms with van der Waals surface area (Å²) in [5, 5.41) is 4.71. The second-order valence-electron chi connectivity index (χ2n) is 6.61. The topological polar surface area (TPSA) is 58.6 Å². The van der Waals surface area contributed by atoms with E-state index in [1.165, 1.54) is 11.3 Å². The smallest absolute Gasteiger partial charge is 0.407 e. The molecule has 0 spiro atoms. The lowest BCUT2D eigenvalue weighted by atomic mass is 10.2. The standard InChI is InChI=1S/C16H24N2O3S/c1-11-7-9-22-13(11)14(19)18-8-5-6-12(18)10-17-15(20)21-16(2,3)4/h7,9,12H,5-6,8,10H2,1-4H3,(H,17,20). The van der Waals surface area contributed by atoms with Crippen LogP contribution in [0, 0.1) is 6.92 Å². The Balaban J connectivity index is 1.93. The summed E-state index contributed by atoms with van der Waals surface area (Å²) in [6, 6.07) is 2.00. The van der Waals surface area contributed by atoms with Gasteiger partial charge in [-0.1, -0.05) is 0 Å². The molecule has 1 N–H and O–H groups in total. The van der Waals surface area contributed by atoms with Gasteiger partial charge in [0.15, 0.2) is 0 Å². The Morgan fingerprint density at radius 2 is 2.18 bits per heavy atom. The number of nitrogens with one attached hydrogen (secondary N) is 1. The minimum Gasteiger partial charge on any atom is -0.444 e. The van der Waals surface area contributed by atoms with E-state index in [0.29, 0.717) is 6.54 Å². The van der Waals surface area contributed by atoms with Crippen molar-refractivity contribution in [2.75, 3.05) is 13.1 Å². The zero-order chi connectivity index (χ0) is 16.3. The maximum Gasteiger partial charge on any atom is 0.407 e. The van der Waals surface area contributed by atoms with E-state index in [9.17, 15) is 9.59 Å². The SMILES string of the molecule is Cc1ccsc1C(=O)N1CCCC1CNC(=O)OC(C)(C)C. The van der Waals surface area contributed by atoms with Crippen LogP contribution in [0.15, 0.2) is 11.4 Å². The van der Waals surface area contributed by atoms with Crippen LogP contribution < -0.4 is 5.32 Å². The first-order valence-corrected chi connectivity index (χ1v) is 8.48. The van der Waals surface area contributed by atoms with E-state index in [4.69, 9.17) is 4.74 Å².